The van der Waals surface area contributed by atoms with Crippen LogP contribution in [-0.4, -0.2) is 33.1 Å². The zero-order valence-corrected chi connectivity index (χ0v) is 17.9. The summed E-state index contributed by atoms with van der Waals surface area (Å²) in [5.74, 6) is 0.252. The fraction of sp³-hybridized carbons (Fsp3) is 0.217. The molecule has 1 spiro atoms. The molecule has 154 valence electrons. The molecule has 8 heteroatoms. The van der Waals surface area contributed by atoms with Gasteiger partial charge in [-0.05, 0) is 37.1 Å². The molecule has 31 heavy (non-hydrogen) atoms. The highest BCUT2D eigenvalue weighted by molar-refractivity contribution is 7.20. The molecule has 2 aromatic carbocycles. The molecule has 0 aliphatic carbocycles. The van der Waals surface area contributed by atoms with E-state index in [1.165, 1.54) is 11.3 Å². The molecule has 6 rings (SSSR count). The number of fused-ring (bicyclic) bond motifs is 5. The van der Waals surface area contributed by atoms with Crippen molar-refractivity contribution in [2.75, 3.05) is 16.8 Å². The van der Waals surface area contributed by atoms with Crippen molar-refractivity contribution < 1.29 is 9.59 Å². The average Bonchev–Trinajstić information content (AvgIpc) is 3.43. The maximum Gasteiger partial charge on any atom is 0.242 e. The molecule has 2 amide bonds. The summed E-state index contributed by atoms with van der Waals surface area (Å²) < 4.78 is 2.68. The van der Waals surface area contributed by atoms with Crippen molar-refractivity contribution in [3.05, 3.63) is 65.4 Å². The molecule has 0 saturated heterocycles. The molecule has 1 N–H and O–H groups in total. The van der Waals surface area contributed by atoms with Crippen LogP contribution in [0.5, 0.6) is 0 Å². The third-order valence-electron chi connectivity index (χ3n) is 6.27. The molecule has 7 nitrogen and oxygen atoms in total. The van der Waals surface area contributed by atoms with E-state index in [9.17, 15) is 9.59 Å². The highest BCUT2D eigenvalue weighted by atomic mass is 32.1. The number of thiazole rings is 1. The number of anilines is 2. The highest BCUT2D eigenvalue weighted by Crippen LogP contribution is 2.53. The molecular formula is C23H19N5O2S. The van der Waals surface area contributed by atoms with Crippen molar-refractivity contribution in [3.8, 4) is 5.13 Å². The standard InChI is InChI=1S/C23H19N5O2S/c1-3-27-19-13(2)7-6-8-14(19)23(21(27)30)11-18(29)26-20-15(23)12-24-28(20)22-25-16-9-4-5-10-17(16)31-22/h4-10,12H,3,11H2,1-2H3,(H,26,29)/t23-/m0/s1. The Labute approximate surface area is 182 Å². The predicted molar refractivity (Wildman–Crippen MR) is 120 cm³/mol. The Morgan fingerprint density at radius 1 is 1.13 bits per heavy atom. The van der Waals surface area contributed by atoms with E-state index in [-0.39, 0.29) is 18.2 Å². The Balaban J connectivity index is 1.61. The molecule has 0 saturated carbocycles. The zero-order valence-electron chi connectivity index (χ0n) is 17.0. The number of amides is 2. The van der Waals surface area contributed by atoms with Gasteiger partial charge in [0.1, 0.15) is 11.2 Å². The van der Waals surface area contributed by atoms with Crippen molar-refractivity contribution in [2.24, 2.45) is 0 Å². The van der Waals surface area contributed by atoms with E-state index in [1.807, 2.05) is 56.3 Å². The fourth-order valence-corrected chi connectivity index (χ4v) is 5.86. The van der Waals surface area contributed by atoms with Crippen molar-refractivity contribution in [1.29, 1.82) is 0 Å². The Morgan fingerprint density at radius 3 is 2.77 bits per heavy atom. The van der Waals surface area contributed by atoms with Crippen LogP contribution >= 0.6 is 11.3 Å². The number of hydrogen-bond donors (Lipinski definition) is 1. The summed E-state index contributed by atoms with van der Waals surface area (Å²) in [5, 5.41) is 8.19. The zero-order chi connectivity index (χ0) is 21.3. The van der Waals surface area contributed by atoms with Crippen molar-refractivity contribution in [2.45, 2.75) is 25.7 Å². The van der Waals surface area contributed by atoms with E-state index in [2.05, 4.69) is 15.4 Å². The molecule has 4 aromatic rings. The topological polar surface area (TPSA) is 80.1 Å². The summed E-state index contributed by atoms with van der Waals surface area (Å²) >= 11 is 1.50. The highest BCUT2D eigenvalue weighted by Gasteiger charge is 2.57. The number of nitrogens with one attached hydrogen (secondary N) is 1. The van der Waals surface area contributed by atoms with Gasteiger partial charge in [-0.15, -0.1) is 0 Å². The van der Waals surface area contributed by atoms with E-state index in [4.69, 9.17) is 0 Å². The third kappa shape index (κ3) is 2.28. The Kier molecular flexibility index (Phi) is 3.68. The van der Waals surface area contributed by atoms with Gasteiger partial charge in [-0.2, -0.15) is 9.78 Å². The van der Waals surface area contributed by atoms with Gasteiger partial charge in [0.2, 0.25) is 16.9 Å². The normalized spacial score (nSPS) is 19.7. The Hall–Kier alpha value is -3.52. The lowest BCUT2D eigenvalue weighted by Gasteiger charge is -2.32. The average molecular weight is 430 g/mol. The van der Waals surface area contributed by atoms with Gasteiger partial charge in [-0.25, -0.2) is 4.98 Å². The van der Waals surface area contributed by atoms with Gasteiger partial charge in [0.15, 0.2) is 0 Å². The van der Waals surface area contributed by atoms with Crippen molar-refractivity contribution >= 4 is 44.9 Å². The minimum atomic E-state index is -1.07. The van der Waals surface area contributed by atoms with E-state index in [0.717, 1.165) is 32.6 Å². The second-order valence-electron chi connectivity index (χ2n) is 7.93. The second-order valence-corrected chi connectivity index (χ2v) is 8.94. The molecule has 0 unspecified atom stereocenters. The maximum atomic E-state index is 13.8. The van der Waals surface area contributed by atoms with Crippen LogP contribution in [0.3, 0.4) is 0 Å². The van der Waals surface area contributed by atoms with Gasteiger partial charge in [-0.3, -0.25) is 9.59 Å². The predicted octanol–water partition coefficient (Wildman–Crippen LogP) is 3.79. The van der Waals surface area contributed by atoms with Gasteiger partial charge in [0.25, 0.3) is 0 Å². The summed E-state index contributed by atoms with van der Waals surface area (Å²) in [7, 11) is 0. The van der Waals surface area contributed by atoms with Crippen LogP contribution in [0.15, 0.2) is 48.7 Å². The van der Waals surface area contributed by atoms with Crippen LogP contribution in [0, 0.1) is 6.92 Å². The summed E-state index contributed by atoms with van der Waals surface area (Å²) in [6, 6.07) is 13.8. The number of benzene rings is 2. The van der Waals surface area contributed by atoms with Crippen LogP contribution in [0.25, 0.3) is 15.3 Å². The number of carbonyl (C=O) groups excluding carboxylic acids is 2. The summed E-state index contributed by atoms with van der Waals surface area (Å²) in [5.41, 5.74) is 3.33. The Bertz CT molecular complexity index is 1370. The first-order valence-corrected chi connectivity index (χ1v) is 11.0. The maximum absolute atomic E-state index is 13.8. The monoisotopic (exact) mass is 429 g/mol. The van der Waals surface area contributed by atoms with Crippen LogP contribution in [0.1, 0.15) is 30.0 Å². The van der Waals surface area contributed by atoms with Crippen molar-refractivity contribution in [1.82, 2.24) is 14.8 Å². The molecule has 0 fully saturated rings. The van der Waals surface area contributed by atoms with E-state index in [1.54, 1.807) is 15.8 Å². The first-order valence-electron chi connectivity index (χ1n) is 10.2. The SMILES string of the molecule is CCN1C(=O)[C@@]2(CC(=O)Nc3c2cnn3-c2nc3ccccc3s2)c2cccc(C)c21. The van der Waals surface area contributed by atoms with E-state index < -0.39 is 5.41 Å². The molecule has 2 aliphatic heterocycles. The minimum Gasteiger partial charge on any atom is -0.311 e. The number of hydrogen-bond acceptors (Lipinski definition) is 5. The third-order valence-corrected chi connectivity index (χ3v) is 7.28. The smallest absolute Gasteiger partial charge is 0.242 e. The van der Waals surface area contributed by atoms with Crippen LogP contribution in [-0.2, 0) is 15.0 Å². The first kappa shape index (κ1) is 18.3. The number of para-hydroxylation sites is 2. The summed E-state index contributed by atoms with van der Waals surface area (Å²) in [6.07, 6.45) is 1.78. The fourth-order valence-electron chi connectivity index (χ4n) is 4.93. The first-order chi connectivity index (χ1) is 15.0. The van der Waals surface area contributed by atoms with E-state index in [0.29, 0.717) is 17.5 Å². The molecular weight excluding hydrogens is 410 g/mol. The molecule has 0 bridgehead atoms. The number of rotatable bonds is 2. The van der Waals surface area contributed by atoms with Crippen molar-refractivity contribution in [3.63, 3.8) is 0 Å². The lowest BCUT2D eigenvalue weighted by Crippen LogP contribution is -2.46. The number of aromatic nitrogens is 3. The molecule has 0 radical (unpaired) electrons. The largest absolute Gasteiger partial charge is 0.311 e. The van der Waals surface area contributed by atoms with Crippen LogP contribution in [0.2, 0.25) is 0 Å². The number of carbonyl (C=O) groups is 2. The molecule has 2 aromatic heterocycles. The van der Waals surface area contributed by atoms with Gasteiger partial charge >= 0.3 is 0 Å². The number of aryl methyl sites for hydroxylation is 1. The van der Waals surface area contributed by atoms with Gasteiger partial charge < -0.3 is 10.2 Å². The number of nitrogens with zero attached hydrogens (tertiary/aromatic N) is 4. The van der Waals surface area contributed by atoms with Gasteiger partial charge in [0.05, 0.1) is 22.1 Å². The lowest BCUT2D eigenvalue weighted by atomic mass is 9.71. The van der Waals surface area contributed by atoms with Gasteiger partial charge in [-0.1, -0.05) is 41.7 Å². The summed E-state index contributed by atoms with van der Waals surface area (Å²) in [6.45, 7) is 4.50. The Morgan fingerprint density at radius 2 is 1.97 bits per heavy atom. The van der Waals surface area contributed by atoms with Crippen LogP contribution < -0.4 is 10.2 Å². The minimum absolute atomic E-state index is 0.0668. The van der Waals surface area contributed by atoms with E-state index >= 15 is 0 Å². The lowest BCUT2D eigenvalue weighted by molar-refractivity contribution is -0.126. The molecule has 2 aliphatic rings. The number of likely N-dealkylation sites (N-methyl/N-ethyl adjacent to an activating group) is 1. The van der Waals surface area contributed by atoms with Gasteiger partial charge in [0, 0.05) is 18.5 Å². The summed E-state index contributed by atoms with van der Waals surface area (Å²) in [4.78, 5) is 33.2. The second kappa shape index (κ2) is 6.24. The molecule has 4 heterocycles. The quantitative estimate of drug-likeness (QED) is 0.526. The molecule has 1 atom stereocenters. The van der Waals surface area contributed by atoms with Crippen LogP contribution in [0.4, 0.5) is 11.5 Å².